The van der Waals surface area contributed by atoms with Gasteiger partial charge in [0.2, 0.25) is 0 Å². The quantitative estimate of drug-likeness (QED) is 0.709. The standard InChI is InChI=1S/C10H17N3O2S/c1-3-7(14)4-12-9(15)8-5-16-10(13-8)6(2)11/h5-7,14H,3-4,11H2,1-2H3,(H,12,15). The van der Waals surface area contributed by atoms with Crippen molar-refractivity contribution in [3.63, 3.8) is 0 Å². The molecule has 1 heterocycles. The maximum atomic E-state index is 11.6. The molecule has 1 rings (SSSR count). The fourth-order valence-electron chi connectivity index (χ4n) is 1.05. The van der Waals surface area contributed by atoms with Gasteiger partial charge in [-0.3, -0.25) is 4.79 Å². The molecule has 0 saturated carbocycles. The Morgan fingerprint density at radius 1 is 1.75 bits per heavy atom. The van der Waals surface area contributed by atoms with E-state index in [0.717, 1.165) is 5.01 Å². The van der Waals surface area contributed by atoms with Crippen molar-refractivity contribution in [1.82, 2.24) is 10.3 Å². The first kappa shape index (κ1) is 13.1. The first-order chi connectivity index (χ1) is 7.54. The summed E-state index contributed by atoms with van der Waals surface area (Å²) in [6.07, 6.45) is 0.109. The molecule has 6 heteroatoms. The van der Waals surface area contributed by atoms with Crippen molar-refractivity contribution >= 4 is 17.2 Å². The number of carbonyl (C=O) groups excluding carboxylic acids is 1. The third-order valence-corrected chi connectivity index (χ3v) is 3.16. The van der Waals surface area contributed by atoms with Crippen LogP contribution in [-0.4, -0.2) is 28.6 Å². The molecule has 5 nitrogen and oxygen atoms in total. The molecule has 1 aromatic rings. The zero-order valence-electron chi connectivity index (χ0n) is 9.43. The molecule has 2 unspecified atom stereocenters. The fourth-order valence-corrected chi connectivity index (χ4v) is 1.80. The molecule has 0 bridgehead atoms. The maximum absolute atomic E-state index is 11.6. The van der Waals surface area contributed by atoms with Gasteiger partial charge in [-0.15, -0.1) is 11.3 Å². The van der Waals surface area contributed by atoms with Crippen LogP contribution in [0.25, 0.3) is 0 Å². The van der Waals surface area contributed by atoms with Gasteiger partial charge in [0, 0.05) is 11.9 Å². The SMILES string of the molecule is CCC(O)CNC(=O)c1csc(C(C)N)n1. The van der Waals surface area contributed by atoms with Crippen LogP contribution in [0.2, 0.25) is 0 Å². The van der Waals surface area contributed by atoms with E-state index in [1.807, 2.05) is 13.8 Å². The zero-order chi connectivity index (χ0) is 12.1. The third-order valence-electron chi connectivity index (χ3n) is 2.11. The smallest absolute Gasteiger partial charge is 0.270 e. The van der Waals surface area contributed by atoms with Crippen molar-refractivity contribution < 1.29 is 9.90 Å². The first-order valence-electron chi connectivity index (χ1n) is 5.21. The summed E-state index contributed by atoms with van der Waals surface area (Å²) >= 11 is 1.37. The van der Waals surface area contributed by atoms with Gasteiger partial charge in [0.05, 0.1) is 12.1 Å². The number of hydrogen-bond acceptors (Lipinski definition) is 5. The molecular weight excluding hydrogens is 226 g/mol. The molecule has 0 spiro atoms. The molecule has 0 aromatic carbocycles. The van der Waals surface area contributed by atoms with E-state index in [9.17, 15) is 9.90 Å². The summed E-state index contributed by atoms with van der Waals surface area (Å²) in [5, 5.41) is 14.3. The minimum Gasteiger partial charge on any atom is -0.391 e. The summed E-state index contributed by atoms with van der Waals surface area (Å²) < 4.78 is 0. The van der Waals surface area contributed by atoms with Crippen molar-refractivity contribution in [3.05, 3.63) is 16.1 Å². The number of thiazole rings is 1. The van der Waals surface area contributed by atoms with E-state index in [1.54, 1.807) is 5.38 Å². The van der Waals surface area contributed by atoms with E-state index in [4.69, 9.17) is 5.73 Å². The van der Waals surface area contributed by atoms with E-state index in [-0.39, 0.29) is 18.5 Å². The molecule has 16 heavy (non-hydrogen) atoms. The van der Waals surface area contributed by atoms with Crippen molar-refractivity contribution in [1.29, 1.82) is 0 Å². The monoisotopic (exact) mass is 243 g/mol. The molecule has 0 fully saturated rings. The molecule has 0 aliphatic heterocycles. The minimum atomic E-state index is -0.504. The van der Waals surface area contributed by atoms with Gasteiger partial charge in [0.1, 0.15) is 10.7 Å². The van der Waals surface area contributed by atoms with Crippen LogP contribution in [0.4, 0.5) is 0 Å². The fraction of sp³-hybridized carbons (Fsp3) is 0.600. The number of nitrogens with one attached hydrogen (secondary N) is 1. The molecule has 1 aromatic heterocycles. The molecule has 90 valence electrons. The summed E-state index contributed by atoms with van der Waals surface area (Å²) in [5.41, 5.74) is 6.01. The van der Waals surface area contributed by atoms with Gasteiger partial charge in [-0.2, -0.15) is 0 Å². The van der Waals surface area contributed by atoms with Crippen LogP contribution in [0, 0.1) is 0 Å². The average Bonchev–Trinajstić information content (AvgIpc) is 2.74. The van der Waals surface area contributed by atoms with Crippen LogP contribution >= 0.6 is 11.3 Å². The van der Waals surface area contributed by atoms with Gasteiger partial charge in [-0.25, -0.2) is 4.98 Å². The predicted molar refractivity (Wildman–Crippen MR) is 63.3 cm³/mol. The Hall–Kier alpha value is -0.980. The number of aliphatic hydroxyl groups is 1. The number of nitrogens with zero attached hydrogens (tertiary/aromatic N) is 1. The third kappa shape index (κ3) is 3.55. The number of rotatable bonds is 5. The van der Waals surface area contributed by atoms with Gasteiger partial charge in [-0.05, 0) is 13.3 Å². The largest absolute Gasteiger partial charge is 0.391 e. The lowest BCUT2D eigenvalue weighted by atomic mass is 10.3. The number of amides is 1. The van der Waals surface area contributed by atoms with E-state index in [0.29, 0.717) is 12.1 Å². The molecule has 4 N–H and O–H groups in total. The van der Waals surface area contributed by atoms with Crippen LogP contribution in [0.5, 0.6) is 0 Å². The Morgan fingerprint density at radius 3 is 2.94 bits per heavy atom. The molecule has 0 radical (unpaired) electrons. The molecule has 0 aliphatic carbocycles. The second-order valence-electron chi connectivity index (χ2n) is 3.63. The van der Waals surface area contributed by atoms with E-state index in [2.05, 4.69) is 10.3 Å². The molecular formula is C10H17N3O2S. The van der Waals surface area contributed by atoms with Crippen molar-refractivity contribution in [2.24, 2.45) is 5.73 Å². The lowest BCUT2D eigenvalue weighted by Crippen LogP contribution is -2.31. The topological polar surface area (TPSA) is 88.2 Å². The molecule has 0 saturated heterocycles. The van der Waals surface area contributed by atoms with Gasteiger partial charge in [0.25, 0.3) is 5.91 Å². The summed E-state index contributed by atoms with van der Waals surface area (Å²) in [5.74, 6) is -0.268. The highest BCUT2D eigenvalue weighted by molar-refractivity contribution is 7.09. The van der Waals surface area contributed by atoms with Gasteiger partial charge in [-0.1, -0.05) is 6.92 Å². The summed E-state index contributed by atoms with van der Waals surface area (Å²) in [7, 11) is 0. The molecule has 2 atom stereocenters. The number of carbonyl (C=O) groups is 1. The summed E-state index contributed by atoms with van der Waals surface area (Å²) in [4.78, 5) is 15.7. The molecule has 0 aliphatic rings. The Bertz CT molecular complexity index is 352. The summed E-state index contributed by atoms with van der Waals surface area (Å²) in [6.45, 7) is 3.93. The Labute approximate surface area is 98.7 Å². The van der Waals surface area contributed by atoms with Gasteiger partial charge < -0.3 is 16.2 Å². The van der Waals surface area contributed by atoms with Crippen LogP contribution in [-0.2, 0) is 0 Å². The van der Waals surface area contributed by atoms with Crippen molar-refractivity contribution in [2.75, 3.05) is 6.54 Å². The second kappa shape index (κ2) is 5.93. The van der Waals surface area contributed by atoms with Gasteiger partial charge in [0.15, 0.2) is 0 Å². The van der Waals surface area contributed by atoms with E-state index >= 15 is 0 Å². The number of hydrogen-bond donors (Lipinski definition) is 3. The zero-order valence-corrected chi connectivity index (χ0v) is 10.3. The van der Waals surface area contributed by atoms with Crippen LogP contribution in [0.1, 0.15) is 41.8 Å². The highest BCUT2D eigenvalue weighted by atomic mass is 32.1. The van der Waals surface area contributed by atoms with E-state index < -0.39 is 6.10 Å². The number of nitrogens with two attached hydrogens (primary N) is 1. The first-order valence-corrected chi connectivity index (χ1v) is 6.09. The lowest BCUT2D eigenvalue weighted by Gasteiger charge is -2.07. The van der Waals surface area contributed by atoms with E-state index in [1.165, 1.54) is 11.3 Å². The Kier molecular flexibility index (Phi) is 4.85. The van der Waals surface area contributed by atoms with Crippen molar-refractivity contribution in [2.45, 2.75) is 32.4 Å². The number of aromatic nitrogens is 1. The average molecular weight is 243 g/mol. The molecule has 1 amide bonds. The van der Waals surface area contributed by atoms with Crippen LogP contribution < -0.4 is 11.1 Å². The summed E-state index contributed by atoms with van der Waals surface area (Å²) in [6, 6.07) is -0.159. The van der Waals surface area contributed by atoms with Crippen LogP contribution in [0.15, 0.2) is 5.38 Å². The highest BCUT2D eigenvalue weighted by Crippen LogP contribution is 2.15. The van der Waals surface area contributed by atoms with Crippen LogP contribution in [0.3, 0.4) is 0 Å². The highest BCUT2D eigenvalue weighted by Gasteiger charge is 2.13. The predicted octanol–water partition coefficient (Wildman–Crippen LogP) is 0.664. The normalized spacial score (nSPS) is 14.5. The minimum absolute atomic E-state index is 0.159. The second-order valence-corrected chi connectivity index (χ2v) is 4.52. The Morgan fingerprint density at radius 2 is 2.44 bits per heavy atom. The Balaban J connectivity index is 2.53. The van der Waals surface area contributed by atoms with Crippen molar-refractivity contribution in [3.8, 4) is 0 Å². The lowest BCUT2D eigenvalue weighted by molar-refractivity contribution is 0.0909. The maximum Gasteiger partial charge on any atom is 0.270 e. The van der Waals surface area contributed by atoms with Gasteiger partial charge >= 0.3 is 0 Å². The number of aliphatic hydroxyl groups excluding tert-OH is 1.